The van der Waals surface area contributed by atoms with Crippen molar-refractivity contribution in [3.63, 3.8) is 0 Å². The van der Waals surface area contributed by atoms with Crippen LogP contribution in [-0.4, -0.2) is 39.2 Å². The number of nitrogens with zero attached hydrogens (tertiary/aromatic N) is 2. The lowest BCUT2D eigenvalue weighted by atomic mass is 10.0. The van der Waals surface area contributed by atoms with Gasteiger partial charge in [0, 0.05) is 43.2 Å². The highest BCUT2D eigenvalue weighted by atomic mass is 19.1. The van der Waals surface area contributed by atoms with Crippen LogP contribution in [0.2, 0.25) is 0 Å². The lowest BCUT2D eigenvalue weighted by Gasteiger charge is -2.10. The van der Waals surface area contributed by atoms with Crippen LogP contribution in [0.1, 0.15) is 18.4 Å². The van der Waals surface area contributed by atoms with Crippen molar-refractivity contribution < 1.29 is 14.0 Å². The van der Waals surface area contributed by atoms with E-state index in [-0.39, 0.29) is 24.1 Å². The summed E-state index contributed by atoms with van der Waals surface area (Å²) in [6, 6.07) is 7.78. The first-order valence-corrected chi connectivity index (χ1v) is 9.53. The number of amides is 2. The molecule has 1 unspecified atom stereocenters. The fourth-order valence-electron chi connectivity index (χ4n) is 3.53. The van der Waals surface area contributed by atoms with Gasteiger partial charge in [-0.3, -0.25) is 14.3 Å². The molecular formula is C21H22FN5O2. The first kappa shape index (κ1) is 18.9. The summed E-state index contributed by atoms with van der Waals surface area (Å²) in [5.74, 6) is -0.601. The fraction of sp³-hybridized carbons (Fsp3) is 0.286. The number of rotatable bonds is 6. The number of hydrogen-bond acceptors (Lipinski definition) is 3. The minimum absolute atomic E-state index is 0.133. The maximum atomic E-state index is 13.3. The van der Waals surface area contributed by atoms with E-state index >= 15 is 0 Å². The van der Waals surface area contributed by atoms with Crippen LogP contribution in [0.3, 0.4) is 0 Å². The van der Waals surface area contributed by atoms with E-state index in [1.807, 2.05) is 19.3 Å². The standard InChI is InChI=1S/C21H22FN5O2/c1-27-12-15(11-24-27)18-10-14(20(26-18)13-2-5-16(22)6-3-13)4-7-19(28)25-17-8-9-23-21(17)29/h2-3,5-6,10-12,17,26H,4,7-9H2,1H3,(H,23,29)(H,25,28). The molecule has 8 heteroatoms. The minimum atomic E-state index is -0.448. The van der Waals surface area contributed by atoms with Crippen LogP contribution in [-0.2, 0) is 23.1 Å². The lowest BCUT2D eigenvalue weighted by molar-refractivity contribution is -0.127. The first-order valence-electron chi connectivity index (χ1n) is 9.53. The normalized spacial score (nSPS) is 16.1. The molecule has 1 atom stereocenters. The third-order valence-corrected chi connectivity index (χ3v) is 5.05. The zero-order valence-corrected chi connectivity index (χ0v) is 16.0. The van der Waals surface area contributed by atoms with Crippen LogP contribution in [0.15, 0.2) is 42.7 Å². The molecule has 3 heterocycles. The van der Waals surface area contributed by atoms with Gasteiger partial charge in [-0.05, 0) is 54.3 Å². The number of aromatic nitrogens is 3. The van der Waals surface area contributed by atoms with Crippen molar-refractivity contribution in [3.05, 3.63) is 54.1 Å². The molecule has 1 saturated heterocycles. The summed E-state index contributed by atoms with van der Waals surface area (Å²) >= 11 is 0. The molecule has 0 saturated carbocycles. The highest BCUT2D eigenvalue weighted by molar-refractivity contribution is 5.89. The summed E-state index contributed by atoms with van der Waals surface area (Å²) in [7, 11) is 1.84. The summed E-state index contributed by atoms with van der Waals surface area (Å²) in [5.41, 5.74) is 4.43. The van der Waals surface area contributed by atoms with Gasteiger partial charge in [-0.2, -0.15) is 5.10 Å². The number of carbonyl (C=O) groups is 2. The molecule has 3 aromatic rings. The Hall–Kier alpha value is -3.42. The van der Waals surface area contributed by atoms with Gasteiger partial charge >= 0.3 is 0 Å². The third kappa shape index (κ3) is 4.21. The van der Waals surface area contributed by atoms with Gasteiger partial charge in [-0.15, -0.1) is 0 Å². The van der Waals surface area contributed by atoms with Crippen molar-refractivity contribution in [2.45, 2.75) is 25.3 Å². The number of hydrogen-bond donors (Lipinski definition) is 3. The Morgan fingerprint density at radius 2 is 2.10 bits per heavy atom. The Morgan fingerprint density at radius 3 is 2.76 bits per heavy atom. The molecule has 3 N–H and O–H groups in total. The largest absolute Gasteiger partial charge is 0.354 e. The molecule has 0 bridgehead atoms. The van der Waals surface area contributed by atoms with E-state index in [4.69, 9.17) is 0 Å². The van der Waals surface area contributed by atoms with Crippen LogP contribution < -0.4 is 10.6 Å². The average molecular weight is 395 g/mol. The smallest absolute Gasteiger partial charge is 0.242 e. The van der Waals surface area contributed by atoms with Crippen LogP contribution in [0.4, 0.5) is 4.39 Å². The molecule has 0 aliphatic carbocycles. The van der Waals surface area contributed by atoms with E-state index in [0.717, 1.165) is 28.1 Å². The van der Waals surface area contributed by atoms with Gasteiger partial charge in [0.1, 0.15) is 11.9 Å². The van der Waals surface area contributed by atoms with Crippen molar-refractivity contribution in [2.75, 3.05) is 6.54 Å². The number of benzene rings is 1. The maximum Gasteiger partial charge on any atom is 0.242 e. The predicted molar refractivity (Wildman–Crippen MR) is 106 cm³/mol. The Balaban J connectivity index is 1.55. The number of H-pyrrole nitrogens is 1. The number of aryl methyl sites for hydroxylation is 2. The molecular weight excluding hydrogens is 373 g/mol. The second kappa shape index (κ2) is 7.90. The van der Waals surface area contributed by atoms with Crippen LogP contribution in [0.5, 0.6) is 0 Å². The highest BCUT2D eigenvalue weighted by Crippen LogP contribution is 2.30. The molecule has 1 aliphatic heterocycles. The van der Waals surface area contributed by atoms with E-state index in [1.165, 1.54) is 12.1 Å². The van der Waals surface area contributed by atoms with Crippen molar-refractivity contribution in [3.8, 4) is 22.5 Å². The Kier molecular flexibility index (Phi) is 5.16. The molecule has 4 rings (SSSR count). The van der Waals surface area contributed by atoms with Gasteiger partial charge < -0.3 is 15.6 Å². The average Bonchev–Trinajstić information content (AvgIpc) is 3.41. The summed E-state index contributed by atoms with van der Waals surface area (Å²) in [6.45, 7) is 0.588. The number of nitrogens with one attached hydrogen (secondary N) is 3. The Bertz CT molecular complexity index is 1040. The number of carbonyl (C=O) groups excluding carboxylic acids is 2. The van der Waals surface area contributed by atoms with Gasteiger partial charge in [0.2, 0.25) is 11.8 Å². The lowest BCUT2D eigenvalue weighted by Crippen LogP contribution is -2.40. The van der Waals surface area contributed by atoms with E-state index in [1.54, 1.807) is 23.0 Å². The van der Waals surface area contributed by atoms with Crippen LogP contribution in [0, 0.1) is 5.82 Å². The molecule has 1 aliphatic rings. The van der Waals surface area contributed by atoms with Crippen molar-refractivity contribution >= 4 is 11.8 Å². The first-order chi connectivity index (χ1) is 14.0. The van der Waals surface area contributed by atoms with Crippen molar-refractivity contribution in [2.24, 2.45) is 7.05 Å². The van der Waals surface area contributed by atoms with Gasteiger partial charge in [-0.25, -0.2) is 4.39 Å². The SMILES string of the molecule is Cn1cc(-c2cc(CCC(=O)NC3CCNC3=O)c(-c3ccc(F)cc3)[nH]2)cn1. The highest BCUT2D eigenvalue weighted by Gasteiger charge is 2.25. The molecule has 2 amide bonds. The van der Waals surface area contributed by atoms with Crippen LogP contribution in [0.25, 0.3) is 22.5 Å². The van der Waals surface area contributed by atoms with Gasteiger partial charge in [0.05, 0.1) is 6.20 Å². The Morgan fingerprint density at radius 1 is 1.31 bits per heavy atom. The molecule has 29 heavy (non-hydrogen) atoms. The van der Waals surface area contributed by atoms with Gasteiger partial charge in [0.15, 0.2) is 0 Å². The van der Waals surface area contributed by atoms with E-state index in [9.17, 15) is 14.0 Å². The molecule has 1 aromatic carbocycles. The van der Waals surface area contributed by atoms with E-state index < -0.39 is 6.04 Å². The fourth-order valence-corrected chi connectivity index (χ4v) is 3.53. The molecule has 0 spiro atoms. The molecule has 1 fully saturated rings. The number of aromatic amines is 1. The molecule has 7 nitrogen and oxygen atoms in total. The van der Waals surface area contributed by atoms with Gasteiger partial charge in [-0.1, -0.05) is 0 Å². The summed E-state index contributed by atoms with van der Waals surface area (Å²) in [4.78, 5) is 27.3. The summed E-state index contributed by atoms with van der Waals surface area (Å²) < 4.78 is 15.1. The summed E-state index contributed by atoms with van der Waals surface area (Å²) in [5, 5.41) is 9.69. The monoisotopic (exact) mass is 395 g/mol. The van der Waals surface area contributed by atoms with E-state index in [0.29, 0.717) is 19.4 Å². The van der Waals surface area contributed by atoms with Crippen molar-refractivity contribution in [1.29, 1.82) is 0 Å². The molecule has 2 aromatic heterocycles. The zero-order chi connectivity index (χ0) is 20.4. The minimum Gasteiger partial charge on any atom is -0.354 e. The molecule has 150 valence electrons. The summed E-state index contributed by atoms with van der Waals surface area (Å²) in [6.07, 6.45) is 5.01. The second-order valence-corrected chi connectivity index (χ2v) is 7.19. The van der Waals surface area contributed by atoms with Crippen molar-refractivity contribution in [1.82, 2.24) is 25.4 Å². The maximum absolute atomic E-state index is 13.3. The zero-order valence-electron chi connectivity index (χ0n) is 16.0. The van der Waals surface area contributed by atoms with Gasteiger partial charge in [0.25, 0.3) is 0 Å². The third-order valence-electron chi connectivity index (χ3n) is 5.05. The predicted octanol–water partition coefficient (Wildman–Crippen LogP) is 2.16. The molecule has 0 radical (unpaired) electrons. The quantitative estimate of drug-likeness (QED) is 0.597. The second-order valence-electron chi connectivity index (χ2n) is 7.19. The number of halogens is 1. The topological polar surface area (TPSA) is 91.8 Å². The van der Waals surface area contributed by atoms with E-state index in [2.05, 4.69) is 20.7 Å². The Labute approximate surface area is 167 Å². The van der Waals surface area contributed by atoms with Crippen LogP contribution >= 0.6 is 0 Å².